The van der Waals surface area contributed by atoms with Gasteiger partial charge in [0.15, 0.2) is 0 Å². The second kappa shape index (κ2) is 7.25. The van der Waals surface area contributed by atoms with Crippen LogP contribution in [0.3, 0.4) is 0 Å². The number of para-hydroxylation sites is 1. The molecule has 26 heavy (non-hydrogen) atoms. The average Bonchev–Trinajstić information content (AvgIpc) is 3.08. The maximum atomic E-state index is 11.0. The molecule has 0 unspecified atom stereocenters. The van der Waals surface area contributed by atoms with Gasteiger partial charge in [-0.3, -0.25) is 10.1 Å². The molecule has 0 aliphatic carbocycles. The van der Waals surface area contributed by atoms with E-state index in [2.05, 4.69) is 25.9 Å². The SMILES string of the molecule is COc1cc(C=Nn2nnnc2Nc2ccccc2)c(O)c([N+](=O)[O-])c1. The van der Waals surface area contributed by atoms with Gasteiger partial charge in [0.05, 0.1) is 24.3 Å². The van der Waals surface area contributed by atoms with Gasteiger partial charge in [0.1, 0.15) is 5.75 Å². The minimum atomic E-state index is -0.714. The zero-order valence-electron chi connectivity index (χ0n) is 13.5. The number of phenolic OH excluding ortho intramolecular Hbond substituents is 1. The first-order valence-electron chi connectivity index (χ1n) is 7.28. The van der Waals surface area contributed by atoms with Crippen LogP contribution in [0.5, 0.6) is 11.5 Å². The number of nitro benzene ring substituents is 1. The van der Waals surface area contributed by atoms with Crippen LogP contribution in [0, 0.1) is 10.1 Å². The summed E-state index contributed by atoms with van der Waals surface area (Å²) >= 11 is 0. The first kappa shape index (κ1) is 16.8. The molecule has 3 rings (SSSR count). The molecular weight excluding hydrogens is 342 g/mol. The van der Waals surface area contributed by atoms with Crippen molar-refractivity contribution >= 4 is 23.5 Å². The molecule has 1 heterocycles. The van der Waals surface area contributed by atoms with Crippen molar-refractivity contribution in [1.29, 1.82) is 0 Å². The lowest BCUT2D eigenvalue weighted by Gasteiger charge is -2.05. The van der Waals surface area contributed by atoms with E-state index < -0.39 is 16.4 Å². The van der Waals surface area contributed by atoms with Gasteiger partial charge in [-0.25, -0.2) is 0 Å². The molecule has 0 atom stereocenters. The Morgan fingerprint density at radius 3 is 2.81 bits per heavy atom. The van der Waals surface area contributed by atoms with Crippen LogP contribution in [-0.4, -0.2) is 43.7 Å². The van der Waals surface area contributed by atoms with E-state index >= 15 is 0 Å². The third-order valence-corrected chi connectivity index (χ3v) is 3.31. The highest BCUT2D eigenvalue weighted by Crippen LogP contribution is 2.33. The minimum absolute atomic E-state index is 0.0808. The maximum absolute atomic E-state index is 11.0. The molecule has 1 aromatic heterocycles. The summed E-state index contributed by atoms with van der Waals surface area (Å²) in [5.74, 6) is -0.107. The minimum Gasteiger partial charge on any atom is -0.502 e. The predicted octanol–water partition coefficient (Wildman–Crippen LogP) is 1.92. The number of anilines is 2. The molecule has 3 aromatic rings. The molecule has 0 bridgehead atoms. The zero-order chi connectivity index (χ0) is 18.5. The van der Waals surface area contributed by atoms with Gasteiger partial charge >= 0.3 is 5.69 Å². The summed E-state index contributed by atoms with van der Waals surface area (Å²) < 4.78 is 5.00. The standard InChI is InChI=1S/C15H13N7O4/c1-26-12-7-10(14(23)13(8-12)22(24)25)9-16-21-15(18-19-20-21)17-11-5-3-2-4-6-11/h2-9,23H,1H3,(H,17,18,20). The van der Waals surface area contributed by atoms with Crippen molar-refractivity contribution in [2.24, 2.45) is 5.10 Å². The van der Waals surface area contributed by atoms with Gasteiger partial charge in [-0.2, -0.15) is 5.10 Å². The van der Waals surface area contributed by atoms with E-state index in [4.69, 9.17) is 4.74 Å². The number of phenols is 1. The summed E-state index contributed by atoms with van der Waals surface area (Å²) in [7, 11) is 1.36. The molecule has 2 aromatic carbocycles. The normalized spacial score (nSPS) is 10.8. The smallest absolute Gasteiger partial charge is 0.315 e. The van der Waals surface area contributed by atoms with E-state index in [1.807, 2.05) is 30.3 Å². The van der Waals surface area contributed by atoms with Gasteiger partial charge in [-0.15, -0.1) is 0 Å². The monoisotopic (exact) mass is 355 g/mol. The van der Waals surface area contributed by atoms with Crippen molar-refractivity contribution in [3.8, 4) is 11.5 Å². The predicted molar refractivity (Wildman–Crippen MR) is 91.8 cm³/mol. The number of aromatic hydroxyl groups is 1. The van der Waals surface area contributed by atoms with Gasteiger partial charge in [-0.05, 0) is 28.6 Å². The summed E-state index contributed by atoms with van der Waals surface area (Å²) in [6.45, 7) is 0. The van der Waals surface area contributed by atoms with Crippen LogP contribution in [0.15, 0.2) is 47.6 Å². The zero-order valence-corrected chi connectivity index (χ0v) is 13.5. The fourth-order valence-corrected chi connectivity index (χ4v) is 2.07. The van der Waals surface area contributed by atoms with Crippen LogP contribution < -0.4 is 10.1 Å². The highest BCUT2D eigenvalue weighted by atomic mass is 16.6. The highest BCUT2D eigenvalue weighted by Gasteiger charge is 2.19. The molecular formula is C15H13N7O4. The number of benzene rings is 2. The summed E-state index contributed by atoms with van der Waals surface area (Å²) in [4.78, 5) is 11.4. The molecule has 0 aliphatic heterocycles. The molecule has 11 nitrogen and oxygen atoms in total. The van der Waals surface area contributed by atoms with Crippen LogP contribution >= 0.6 is 0 Å². The molecule has 132 valence electrons. The van der Waals surface area contributed by atoms with Gasteiger partial charge in [0, 0.05) is 11.3 Å². The van der Waals surface area contributed by atoms with Crippen LogP contribution in [0.4, 0.5) is 17.3 Å². The third kappa shape index (κ3) is 3.56. The second-order valence-electron chi connectivity index (χ2n) is 4.97. The van der Waals surface area contributed by atoms with E-state index in [-0.39, 0.29) is 17.3 Å². The fourth-order valence-electron chi connectivity index (χ4n) is 2.07. The highest BCUT2D eigenvalue weighted by molar-refractivity contribution is 5.86. The first-order valence-corrected chi connectivity index (χ1v) is 7.28. The van der Waals surface area contributed by atoms with Crippen molar-refractivity contribution in [3.63, 3.8) is 0 Å². The topological polar surface area (TPSA) is 141 Å². The number of aromatic nitrogens is 4. The molecule has 2 N–H and O–H groups in total. The second-order valence-corrected chi connectivity index (χ2v) is 4.97. The van der Waals surface area contributed by atoms with E-state index in [9.17, 15) is 15.2 Å². The molecule has 0 amide bonds. The van der Waals surface area contributed by atoms with E-state index in [1.54, 1.807) is 0 Å². The van der Waals surface area contributed by atoms with Crippen LogP contribution in [0.1, 0.15) is 5.56 Å². The van der Waals surface area contributed by atoms with Crippen LogP contribution in [-0.2, 0) is 0 Å². The first-order chi connectivity index (χ1) is 12.6. The molecule has 11 heteroatoms. The number of rotatable bonds is 6. The Kier molecular flexibility index (Phi) is 4.69. The molecule has 0 fully saturated rings. The van der Waals surface area contributed by atoms with Crippen LogP contribution in [0.2, 0.25) is 0 Å². The van der Waals surface area contributed by atoms with Crippen molar-refractivity contribution in [2.75, 3.05) is 12.4 Å². The Labute approximate surface area is 146 Å². The van der Waals surface area contributed by atoms with Gasteiger partial charge < -0.3 is 15.2 Å². The molecule has 0 saturated carbocycles. The van der Waals surface area contributed by atoms with Gasteiger partial charge in [-0.1, -0.05) is 28.1 Å². The van der Waals surface area contributed by atoms with E-state index in [0.29, 0.717) is 0 Å². The summed E-state index contributed by atoms with van der Waals surface area (Å²) in [6, 6.07) is 11.7. The van der Waals surface area contributed by atoms with Gasteiger partial charge in [0.2, 0.25) is 5.75 Å². The van der Waals surface area contributed by atoms with Crippen molar-refractivity contribution in [2.45, 2.75) is 0 Å². The van der Waals surface area contributed by atoms with E-state index in [1.165, 1.54) is 19.4 Å². The Bertz CT molecular complexity index is 956. The lowest BCUT2D eigenvalue weighted by Crippen LogP contribution is -2.01. The Balaban J connectivity index is 1.91. The molecule has 0 spiro atoms. The van der Waals surface area contributed by atoms with Crippen molar-refractivity contribution in [1.82, 2.24) is 20.3 Å². The number of nitrogens with one attached hydrogen (secondary N) is 1. The lowest BCUT2D eigenvalue weighted by atomic mass is 10.1. The maximum Gasteiger partial charge on any atom is 0.315 e. The average molecular weight is 355 g/mol. The fraction of sp³-hybridized carbons (Fsp3) is 0.0667. The summed E-state index contributed by atoms with van der Waals surface area (Å²) in [5, 5.41) is 39.1. The van der Waals surface area contributed by atoms with E-state index in [0.717, 1.165) is 16.5 Å². The Morgan fingerprint density at radius 1 is 1.35 bits per heavy atom. The Hall–Kier alpha value is -4.02. The number of ether oxygens (including phenoxy) is 1. The lowest BCUT2D eigenvalue weighted by molar-refractivity contribution is -0.385. The van der Waals surface area contributed by atoms with Crippen molar-refractivity contribution < 1.29 is 14.8 Å². The van der Waals surface area contributed by atoms with Crippen LogP contribution in [0.25, 0.3) is 0 Å². The third-order valence-electron chi connectivity index (χ3n) is 3.31. The summed E-state index contributed by atoms with van der Waals surface area (Å²) in [6.07, 6.45) is 1.19. The largest absolute Gasteiger partial charge is 0.502 e. The number of hydrogen-bond acceptors (Lipinski definition) is 9. The number of nitrogens with zero attached hydrogens (tertiary/aromatic N) is 6. The number of tetrazole rings is 1. The quantitative estimate of drug-likeness (QED) is 0.388. The van der Waals surface area contributed by atoms with Crippen molar-refractivity contribution in [3.05, 3.63) is 58.1 Å². The summed E-state index contributed by atoms with van der Waals surface area (Å²) in [5.41, 5.74) is 0.334. The number of hydrogen-bond donors (Lipinski definition) is 2. The molecule has 0 aliphatic rings. The number of nitro groups is 1. The van der Waals surface area contributed by atoms with Gasteiger partial charge in [0.25, 0.3) is 5.95 Å². The Morgan fingerprint density at radius 2 is 2.12 bits per heavy atom. The number of methoxy groups -OCH3 is 1. The molecule has 0 saturated heterocycles. The molecule has 0 radical (unpaired) electrons.